The molecule has 0 aromatic heterocycles. The quantitative estimate of drug-likeness (QED) is 0.215. The van der Waals surface area contributed by atoms with Gasteiger partial charge >= 0.3 is 51.4 Å². The third-order valence-corrected chi connectivity index (χ3v) is 4.17. The number of benzene rings is 2. The summed E-state index contributed by atoms with van der Waals surface area (Å²) in [5.41, 5.74) is 8.33. The predicted molar refractivity (Wildman–Crippen MR) is 126 cm³/mol. The molecule has 154 valence electrons. The summed E-state index contributed by atoms with van der Waals surface area (Å²) in [4.78, 5) is 16.7. The van der Waals surface area contributed by atoms with Crippen molar-refractivity contribution in [1.82, 2.24) is 0 Å². The molecule has 0 saturated heterocycles. The fraction of sp³-hybridized carbons (Fsp3) is 0.391. The molecule has 0 heterocycles. The van der Waals surface area contributed by atoms with Gasteiger partial charge in [-0.15, -0.1) is 45.8 Å². The van der Waals surface area contributed by atoms with Crippen LogP contribution in [0.15, 0.2) is 51.9 Å². The van der Waals surface area contributed by atoms with Gasteiger partial charge in [0.1, 0.15) is 6.29 Å². The zero-order valence-electron chi connectivity index (χ0n) is 18.7. The smallest absolute Gasteiger partial charge is 0.422 e. The first-order chi connectivity index (χ1) is 13.5. The maximum absolute atomic E-state index is 10.5. The van der Waals surface area contributed by atoms with Gasteiger partial charge in [-0.2, -0.15) is 0 Å². The third kappa shape index (κ3) is 12.7. The number of halogens is 1. The number of aliphatic imine (C=N–C) groups is 1. The fourth-order valence-electron chi connectivity index (χ4n) is 2.36. The molecule has 0 aliphatic carbocycles. The standard InChI is InChI=1S/C13H19NO.C8H8BrN2.C2H6.K/c1-3-9-14(10-4-2)13-7-5-12(11-15)6-8-13;1-11-8(10)6-2-4-7(9)5-3-6;1-2;/h5-8,11H,3-4,9-10H2,1-2H3;2,4-5H,1H3,(H2,10,11);1-2H3;/q;-1;;+1. The maximum atomic E-state index is 10.5. The van der Waals surface area contributed by atoms with E-state index in [-0.39, 0.29) is 51.4 Å². The average Bonchev–Trinajstić information content (AvgIpc) is 2.75. The van der Waals surface area contributed by atoms with Crippen LogP contribution in [-0.4, -0.2) is 32.3 Å². The number of nitrogens with two attached hydrogens (primary N) is 1. The molecule has 0 unspecified atom stereocenters. The van der Waals surface area contributed by atoms with Gasteiger partial charge in [0.25, 0.3) is 0 Å². The number of amidine groups is 1. The van der Waals surface area contributed by atoms with E-state index < -0.39 is 0 Å². The van der Waals surface area contributed by atoms with Gasteiger partial charge in [0.05, 0.1) is 0 Å². The van der Waals surface area contributed by atoms with Gasteiger partial charge in [0.2, 0.25) is 0 Å². The van der Waals surface area contributed by atoms with Crippen molar-refractivity contribution in [1.29, 1.82) is 0 Å². The minimum absolute atomic E-state index is 0. The van der Waals surface area contributed by atoms with Crippen LogP contribution in [0.4, 0.5) is 5.69 Å². The summed E-state index contributed by atoms with van der Waals surface area (Å²) in [5.74, 6) is 0.512. The maximum Gasteiger partial charge on any atom is 1.00 e. The Morgan fingerprint density at radius 3 is 2.03 bits per heavy atom. The Kier molecular flexibility index (Phi) is 20.6. The van der Waals surface area contributed by atoms with Crippen molar-refractivity contribution in [3.05, 3.63) is 64.1 Å². The first-order valence-electron chi connectivity index (χ1n) is 9.75. The largest absolute Gasteiger partial charge is 1.00 e. The van der Waals surface area contributed by atoms with Crippen molar-refractivity contribution < 1.29 is 56.2 Å². The monoisotopic (exact) mass is 485 g/mol. The molecule has 6 heteroatoms. The zero-order chi connectivity index (χ0) is 21.4. The average molecular weight is 487 g/mol. The fourth-order valence-corrected chi connectivity index (χ4v) is 2.61. The minimum atomic E-state index is 0. The van der Waals surface area contributed by atoms with Gasteiger partial charge in [0, 0.05) is 37.2 Å². The van der Waals surface area contributed by atoms with Gasteiger partial charge in [0.15, 0.2) is 0 Å². The number of hydrogen-bond acceptors (Lipinski definition) is 3. The van der Waals surface area contributed by atoms with Crippen molar-refractivity contribution in [3.63, 3.8) is 0 Å². The number of rotatable bonds is 7. The number of nitrogens with zero attached hydrogens (tertiary/aromatic N) is 2. The van der Waals surface area contributed by atoms with Gasteiger partial charge in [-0.1, -0.05) is 32.2 Å². The van der Waals surface area contributed by atoms with Crippen molar-refractivity contribution in [2.75, 3.05) is 25.0 Å². The molecular weight excluding hydrogens is 453 g/mol. The van der Waals surface area contributed by atoms with Crippen LogP contribution in [0.1, 0.15) is 56.5 Å². The summed E-state index contributed by atoms with van der Waals surface area (Å²) in [5, 5.41) is 0. The van der Waals surface area contributed by atoms with E-state index in [4.69, 9.17) is 5.73 Å². The first-order valence-corrected chi connectivity index (χ1v) is 10.5. The summed E-state index contributed by atoms with van der Waals surface area (Å²) in [6.45, 7) is 10.5. The molecule has 0 fully saturated rings. The van der Waals surface area contributed by atoms with Crippen LogP contribution >= 0.6 is 15.9 Å². The Hall–Kier alpha value is -0.504. The van der Waals surface area contributed by atoms with Crippen LogP contribution < -0.4 is 62.0 Å². The molecular formula is C23H33BrKN3O. The van der Waals surface area contributed by atoms with E-state index >= 15 is 0 Å². The molecule has 4 nitrogen and oxygen atoms in total. The number of anilines is 1. The topological polar surface area (TPSA) is 58.7 Å². The molecule has 2 rings (SSSR count). The second-order valence-electron chi connectivity index (χ2n) is 5.73. The summed E-state index contributed by atoms with van der Waals surface area (Å²) in [6, 6.07) is 16.4. The molecule has 0 atom stereocenters. The molecule has 0 aliphatic rings. The van der Waals surface area contributed by atoms with E-state index in [9.17, 15) is 4.79 Å². The molecule has 0 aliphatic heterocycles. The van der Waals surface area contributed by atoms with E-state index in [1.165, 1.54) is 5.69 Å². The van der Waals surface area contributed by atoms with Gasteiger partial charge < -0.3 is 15.6 Å². The molecule has 0 spiro atoms. The van der Waals surface area contributed by atoms with Crippen LogP contribution in [0.5, 0.6) is 0 Å². The minimum Gasteiger partial charge on any atom is -0.422 e. The van der Waals surface area contributed by atoms with Crippen molar-refractivity contribution in [2.45, 2.75) is 40.5 Å². The molecule has 0 radical (unpaired) electrons. The Bertz CT molecular complexity index is 682. The molecule has 29 heavy (non-hydrogen) atoms. The van der Waals surface area contributed by atoms with E-state index in [1.54, 1.807) is 7.05 Å². The summed E-state index contributed by atoms with van der Waals surface area (Å²) in [7, 11) is 1.66. The van der Waals surface area contributed by atoms with Gasteiger partial charge in [-0.25, -0.2) is 0 Å². The number of carbonyl (C=O) groups excluding carboxylic acids is 1. The second-order valence-corrected chi connectivity index (χ2v) is 6.64. The molecule has 2 aromatic rings. The Morgan fingerprint density at radius 1 is 1.10 bits per heavy atom. The van der Waals surface area contributed by atoms with Crippen molar-refractivity contribution in [3.8, 4) is 0 Å². The number of carbonyl (C=O) groups is 1. The second kappa shape index (κ2) is 19.5. The van der Waals surface area contributed by atoms with E-state index in [2.05, 4.69) is 45.7 Å². The van der Waals surface area contributed by atoms with E-state index in [1.807, 2.05) is 56.3 Å². The number of aldehydes is 1. The van der Waals surface area contributed by atoms with Crippen molar-refractivity contribution >= 4 is 33.7 Å². The Labute approximate surface area is 227 Å². The molecule has 0 amide bonds. The SMILES string of the molecule is CC.CCCN(CCC)c1ccc(C=O)cc1.CN=C(N)c1[c-]cc(Br)cc1.[K+]. The Balaban J connectivity index is 0. The third-order valence-electron chi connectivity index (χ3n) is 3.67. The molecule has 2 N–H and O–H groups in total. The van der Waals surface area contributed by atoms with Crippen LogP contribution in [0.25, 0.3) is 0 Å². The Morgan fingerprint density at radius 2 is 1.66 bits per heavy atom. The van der Waals surface area contributed by atoms with Crippen LogP contribution in [0.2, 0.25) is 0 Å². The number of hydrogen-bond donors (Lipinski definition) is 1. The van der Waals surface area contributed by atoms with Gasteiger partial charge in [-0.05, 0) is 37.1 Å². The molecule has 2 aromatic carbocycles. The van der Waals surface area contributed by atoms with Crippen LogP contribution in [0, 0.1) is 6.07 Å². The van der Waals surface area contributed by atoms with Crippen LogP contribution in [0.3, 0.4) is 0 Å². The van der Waals surface area contributed by atoms with E-state index in [0.717, 1.165) is 47.8 Å². The predicted octanol–water partition coefficient (Wildman–Crippen LogP) is 2.74. The zero-order valence-corrected chi connectivity index (χ0v) is 23.4. The normalized spacial score (nSPS) is 9.79. The summed E-state index contributed by atoms with van der Waals surface area (Å²) >= 11 is 3.30. The molecule has 0 bridgehead atoms. The van der Waals surface area contributed by atoms with E-state index in [0.29, 0.717) is 5.84 Å². The van der Waals surface area contributed by atoms with Crippen LogP contribution in [-0.2, 0) is 0 Å². The molecule has 0 saturated carbocycles. The summed E-state index contributed by atoms with van der Waals surface area (Å²) in [6.07, 6.45) is 3.18. The first kappa shape index (κ1) is 30.7. The summed E-state index contributed by atoms with van der Waals surface area (Å²) < 4.78 is 0.991. The van der Waals surface area contributed by atoms with Gasteiger partial charge in [-0.3, -0.25) is 4.79 Å². The van der Waals surface area contributed by atoms with Crippen molar-refractivity contribution in [2.24, 2.45) is 10.7 Å².